The lowest BCUT2D eigenvalue weighted by Crippen LogP contribution is -2.04. The summed E-state index contributed by atoms with van der Waals surface area (Å²) in [6.45, 7) is 4.50. The van der Waals surface area contributed by atoms with E-state index in [0.29, 0.717) is 37.6 Å². The number of hydrogen-bond acceptors (Lipinski definition) is 12. The van der Waals surface area contributed by atoms with Gasteiger partial charge in [-0.3, -0.25) is 9.59 Å². The van der Waals surface area contributed by atoms with E-state index in [4.69, 9.17) is 9.47 Å². The van der Waals surface area contributed by atoms with Crippen LogP contribution in [0.4, 0.5) is 0 Å². The Morgan fingerprint density at radius 2 is 1.17 bits per heavy atom. The first-order valence-corrected chi connectivity index (χ1v) is 16.6. The van der Waals surface area contributed by atoms with Crippen molar-refractivity contribution in [3.05, 3.63) is 25.4 Å². The first-order valence-electron chi connectivity index (χ1n) is 9.37. The van der Waals surface area contributed by atoms with Gasteiger partial charge in [0, 0.05) is 23.0 Å². The van der Waals surface area contributed by atoms with Crippen LogP contribution in [0.1, 0.15) is 26.7 Å². The Balaban J connectivity index is 1.60. The lowest BCUT2D eigenvalue weighted by Gasteiger charge is -2.08. The lowest BCUT2D eigenvalue weighted by atomic mass is 10.5. The highest BCUT2D eigenvalue weighted by molar-refractivity contribution is 8.45. The van der Waals surface area contributed by atoms with Crippen molar-refractivity contribution < 1.29 is 19.1 Å². The van der Waals surface area contributed by atoms with Gasteiger partial charge in [0.25, 0.3) is 0 Å². The Labute approximate surface area is 211 Å². The average Bonchev–Trinajstić information content (AvgIpc) is 3.32. The van der Waals surface area contributed by atoms with Crippen molar-refractivity contribution in [3.8, 4) is 0 Å². The van der Waals surface area contributed by atoms with Crippen molar-refractivity contribution >= 4 is 106 Å². The molecule has 0 radical (unpaired) electrons. The van der Waals surface area contributed by atoms with Gasteiger partial charge in [-0.15, -0.1) is 47.0 Å². The standard InChI is InChI=1S/C18H22O4S8/c1-3-21-11(19)5-7-23-13-14(24-8-6-12(20)22-4-2)28-17(27-13)18-29-15-16(30-18)26-10-9-25-15/h3-10H2,1-2H3. The van der Waals surface area contributed by atoms with E-state index < -0.39 is 0 Å². The predicted octanol–water partition coefficient (Wildman–Crippen LogP) is 7.18. The van der Waals surface area contributed by atoms with E-state index in [2.05, 4.69) is 0 Å². The second-order valence-electron chi connectivity index (χ2n) is 5.64. The van der Waals surface area contributed by atoms with Crippen LogP contribution in [0.25, 0.3) is 0 Å². The maximum absolute atomic E-state index is 11.7. The van der Waals surface area contributed by atoms with Crippen LogP contribution in [0.2, 0.25) is 0 Å². The number of esters is 2. The normalized spacial score (nSPS) is 18.9. The fraction of sp³-hybridized carbons (Fsp3) is 0.556. The molecule has 0 aromatic heterocycles. The second kappa shape index (κ2) is 13.6. The molecule has 3 heterocycles. The van der Waals surface area contributed by atoms with Crippen LogP contribution in [0, 0.1) is 0 Å². The highest BCUT2D eigenvalue weighted by Gasteiger charge is 2.32. The summed E-state index contributed by atoms with van der Waals surface area (Å²) in [5.74, 6) is 3.47. The molecule has 0 atom stereocenters. The van der Waals surface area contributed by atoms with Gasteiger partial charge in [-0.05, 0) is 13.8 Å². The van der Waals surface area contributed by atoms with Crippen LogP contribution < -0.4 is 0 Å². The lowest BCUT2D eigenvalue weighted by molar-refractivity contribution is -0.143. The molecule has 166 valence electrons. The minimum Gasteiger partial charge on any atom is -0.466 e. The van der Waals surface area contributed by atoms with Crippen LogP contribution in [0.3, 0.4) is 0 Å². The monoisotopic (exact) mass is 558 g/mol. The molecule has 0 N–H and O–H groups in total. The van der Waals surface area contributed by atoms with Crippen molar-refractivity contribution in [2.45, 2.75) is 26.7 Å². The minimum atomic E-state index is -0.149. The van der Waals surface area contributed by atoms with Crippen LogP contribution in [-0.4, -0.2) is 48.2 Å². The molecule has 30 heavy (non-hydrogen) atoms. The molecule has 0 aromatic rings. The molecule has 0 aliphatic carbocycles. The van der Waals surface area contributed by atoms with E-state index in [1.165, 1.54) is 36.9 Å². The zero-order chi connectivity index (χ0) is 21.3. The summed E-state index contributed by atoms with van der Waals surface area (Å²) in [4.78, 5) is 23.4. The smallest absolute Gasteiger partial charge is 0.306 e. The Hall–Kier alpha value is 0.960. The van der Waals surface area contributed by atoms with Gasteiger partial charge in [-0.2, -0.15) is 0 Å². The third-order valence-corrected chi connectivity index (χ3v) is 15.3. The quantitative estimate of drug-likeness (QED) is 0.255. The van der Waals surface area contributed by atoms with Crippen molar-refractivity contribution in [3.63, 3.8) is 0 Å². The summed E-state index contributed by atoms with van der Waals surface area (Å²) >= 11 is 14.7. The molecule has 0 amide bonds. The molecule has 4 nitrogen and oxygen atoms in total. The largest absolute Gasteiger partial charge is 0.466 e. The topological polar surface area (TPSA) is 52.6 Å². The molecule has 0 saturated carbocycles. The van der Waals surface area contributed by atoms with Gasteiger partial charge in [-0.25, -0.2) is 0 Å². The van der Waals surface area contributed by atoms with Gasteiger partial charge in [0.15, 0.2) is 0 Å². The molecule has 0 fully saturated rings. The van der Waals surface area contributed by atoms with Gasteiger partial charge in [0.1, 0.15) is 0 Å². The molecule has 0 spiro atoms. The first kappa shape index (κ1) is 25.6. The zero-order valence-electron chi connectivity index (χ0n) is 16.6. The summed E-state index contributed by atoms with van der Waals surface area (Å²) in [5.41, 5.74) is 0. The Kier molecular flexibility index (Phi) is 11.6. The number of carbonyl (C=O) groups excluding carboxylic acids is 2. The number of carbonyl (C=O) groups is 2. The molecular formula is C18H22O4S8. The van der Waals surface area contributed by atoms with Crippen LogP contribution >= 0.6 is 94.1 Å². The first-order chi connectivity index (χ1) is 14.6. The Bertz CT molecular complexity index is 703. The summed E-state index contributed by atoms with van der Waals surface area (Å²) in [7, 11) is 0. The van der Waals surface area contributed by atoms with Crippen LogP contribution in [0.15, 0.2) is 25.4 Å². The number of rotatable bonds is 10. The van der Waals surface area contributed by atoms with Crippen molar-refractivity contribution in [2.75, 3.05) is 36.2 Å². The van der Waals surface area contributed by atoms with Gasteiger partial charge in [-0.1, -0.05) is 47.0 Å². The molecule has 0 bridgehead atoms. The van der Waals surface area contributed by atoms with E-state index in [-0.39, 0.29) is 11.9 Å². The number of thioether (sulfide) groups is 8. The maximum atomic E-state index is 11.7. The molecule has 0 unspecified atom stereocenters. The van der Waals surface area contributed by atoms with E-state index in [9.17, 15) is 9.59 Å². The Morgan fingerprint density at radius 1 is 0.733 bits per heavy atom. The van der Waals surface area contributed by atoms with Gasteiger partial charge >= 0.3 is 11.9 Å². The highest BCUT2D eigenvalue weighted by atomic mass is 32.3. The molecule has 3 aliphatic rings. The van der Waals surface area contributed by atoms with E-state index in [1.807, 2.05) is 60.9 Å². The third kappa shape index (κ3) is 7.78. The van der Waals surface area contributed by atoms with E-state index in [1.54, 1.807) is 47.0 Å². The van der Waals surface area contributed by atoms with Crippen molar-refractivity contribution in [2.24, 2.45) is 0 Å². The summed E-state index contributed by atoms with van der Waals surface area (Å²) < 4.78 is 18.1. The van der Waals surface area contributed by atoms with Gasteiger partial charge in [0.05, 0.1) is 51.5 Å². The van der Waals surface area contributed by atoms with Crippen LogP contribution in [-0.2, 0) is 19.1 Å². The summed E-state index contributed by atoms with van der Waals surface area (Å²) in [5, 5.41) is 0. The molecule has 3 rings (SSSR count). The molecule has 0 saturated heterocycles. The summed E-state index contributed by atoms with van der Waals surface area (Å²) in [6, 6.07) is 0. The Morgan fingerprint density at radius 3 is 1.60 bits per heavy atom. The molecule has 3 aliphatic heterocycles. The number of ether oxygens (including phenoxy) is 2. The van der Waals surface area contributed by atoms with Crippen LogP contribution in [0.5, 0.6) is 0 Å². The fourth-order valence-electron chi connectivity index (χ4n) is 2.25. The average molecular weight is 559 g/mol. The molecular weight excluding hydrogens is 537 g/mol. The highest BCUT2D eigenvalue weighted by Crippen LogP contribution is 2.66. The van der Waals surface area contributed by atoms with Gasteiger partial charge in [0.2, 0.25) is 0 Å². The fourth-order valence-corrected chi connectivity index (χ4v) is 14.3. The maximum Gasteiger partial charge on any atom is 0.306 e. The summed E-state index contributed by atoms with van der Waals surface area (Å²) in [6.07, 6.45) is 0.819. The van der Waals surface area contributed by atoms with Crippen molar-refractivity contribution in [1.29, 1.82) is 0 Å². The van der Waals surface area contributed by atoms with E-state index in [0.717, 1.165) is 0 Å². The van der Waals surface area contributed by atoms with Gasteiger partial charge < -0.3 is 9.47 Å². The predicted molar refractivity (Wildman–Crippen MR) is 144 cm³/mol. The zero-order valence-corrected chi connectivity index (χ0v) is 23.1. The minimum absolute atomic E-state index is 0.149. The SMILES string of the molecule is CCOC(=O)CCSC1=C(SCCC(=O)OCC)SC(=C2SC3=C(SCCS3)S2)S1. The molecule has 12 heteroatoms. The third-order valence-electron chi connectivity index (χ3n) is 3.48. The van der Waals surface area contributed by atoms with Crippen molar-refractivity contribution in [1.82, 2.24) is 0 Å². The molecule has 0 aromatic carbocycles. The second-order valence-corrected chi connectivity index (χ2v) is 15.7. The van der Waals surface area contributed by atoms with E-state index >= 15 is 0 Å². The number of hydrogen-bond donors (Lipinski definition) is 0.